The Bertz CT molecular complexity index is 664. The summed E-state index contributed by atoms with van der Waals surface area (Å²) in [4.78, 5) is 0. The van der Waals surface area contributed by atoms with Gasteiger partial charge in [0.25, 0.3) is 0 Å². The van der Waals surface area contributed by atoms with Gasteiger partial charge in [0.05, 0.1) is 17.7 Å². The first-order valence-electron chi connectivity index (χ1n) is 6.74. The SMILES string of the molecule is CC[C@@H](O)c1ccccc1OCc1ccc(C#N)cc1F. The number of ether oxygens (including phenoxy) is 1. The summed E-state index contributed by atoms with van der Waals surface area (Å²) in [5.41, 5.74) is 1.34. The molecule has 0 fully saturated rings. The van der Waals surface area contributed by atoms with E-state index in [1.165, 1.54) is 12.1 Å². The monoisotopic (exact) mass is 285 g/mol. The fourth-order valence-corrected chi connectivity index (χ4v) is 2.00. The fraction of sp³-hybridized carbons (Fsp3) is 0.235. The minimum Gasteiger partial charge on any atom is -0.488 e. The number of rotatable bonds is 5. The lowest BCUT2D eigenvalue weighted by Crippen LogP contribution is -2.03. The van der Waals surface area contributed by atoms with Gasteiger partial charge in [-0.3, -0.25) is 0 Å². The molecule has 0 saturated carbocycles. The summed E-state index contributed by atoms with van der Waals surface area (Å²) in [7, 11) is 0. The second-order valence-corrected chi connectivity index (χ2v) is 4.67. The number of nitriles is 1. The normalized spacial score (nSPS) is 11.7. The number of hydrogen-bond donors (Lipinski definition) is 1. The van der Waals surface area contributed by atoms with Crippen molar-refractivity contribution in [3.8, 4) is 11.8 Å². The molecular weight excluding hydrogens is 269 g/mol. The highest BCUT2D eigenvalue weighted by atomic mass is 19.1. The lowest BCUT2D eigenvalue weighted by Gasteiger charge is -2.15. The van der Waals surface area contributed by atoms with Gasteiger partial charge in [-0.1, -0.05) is 31.2 Å². The van der Waals surface area contributed by atoms with Crippen molar-refractivity contribution in [3.05, 3.63) is 65.0 Å². The summed E-state index contributed by atoms with van der Waals surface area (Å²) in [6, 6.07) is 13.3. The number of para-hydroxylation sites is 1. The first-order chi connectivity index (χ1) is 10.2. The molecule has 2 rings (SSSR count). The third-order valence-corrected chi connectivity index (χ3v) is 3.23. The summed E-state index contributed by atoms with van der Waals surface area (Å²) in [6.07, 6.45) is -0.0296. The maximum Gasteiger partial charge on any atom is 0.131 e. The first kappa shape index (κ1) is 15.0. The van der Waals surface area contributed by atoms with E-state index in [9.17, 15) is 9.50 Å². The molecule has 0 radical (unpaired) electrons. The molecule has 4 heteroatoms. The third-order valence-electron chi connectivity index (χ3n) is 3.23. The molecule has 2 aromatic carbocycles. The Morgan fingerprint density at radius 1 is 1.29 bits per heavy atom. The maximum absolute atomic E-state index is 13.8. The van der Waals surface area contributed by atoms with Gasteiger partial charge in [0.1, 0.15) is 18.2 Å². The summed E-state index contributed by atoms with van der Waals surface area (Å²) in [5, 5.41) is 18.6. The molecule has 3 nitrogen and oxygen atoms in total. The average molecular weight is 285 g/mol. The van der Waals surface area contributed by atoms with Gasteiger partial charge < -0.3 is 9.84 Å². The zero-order chi connectivity index (χ0) is 15.2. The van der Waals surface area contributed by atoms with E-state index >= 15 is 0 Å². The highest BCUT2D eigenvalue weighted by Gasteiger charge is 2.12. The van der Waals surface area contributed by atoms with Crippen LogP contribution in [0.2, 0.25) is 0 Å². The van der Waals surface area contributed by atoms with Gasteiger partial charge in [0, 0.05) is 11.1 Å². The van der Waals surface area contributed by atoms with E-state index in [2.05, 4.69) is 0 Å². The fourth-order valence-electron chi connectivity index (χ4n) is 2.00. The Labute approximate surface area is 123 Å². The van der Waals surface area contributed by atoms with Crippen molar-refractivity contribution >= 4 is 0 Å². The highest BCUT2D eigenvalue weighted by Crippen LogP contribution is 2.27. The molecule has 0 aliphatic carbocycles. The van der Waals surface area contributed by atoms with Crippen molar-refractivity contribution in [1.82, 2.24) is 0 Å². The standard InChI is InChI=1S/C17H16FNO2/c1-2-16(20)14-5-3-4-6-17(14)21-11-13-8-7-12(10-19)9-15(13)18/h3-9,16,20H,2,11H2,1H3/t16-/m1/s1. The number of halogens is 1. The van der Waals surface area contributed by atoms with Crippen LogP contribution in [-0.2, 0) is 6.61 Å². The second-order valence-electron chi connectivity index (χ2n) is 4.67. The van der Waals surface area contributed by atoms with Crippen LogP contribution >= 0.6 is 0 Å². The number of aliphatic hydroxyl groups excluding tert-OH is 1. The molecule has 0 spiro atoms. The zero-order valence-corrected chi connectivity index (χ0v) is 11.7. The Morgan fingerprint density at radius 2 is 2.05 bits per heavy atom. The molecule has 108 valence electrons. The van der Waals surface area contributed by atoms with Crippen molar-refractivity contribution < 1.29 is 14.2 Å². The van der Waals surface area contributed by atoms with Gasteiger partial charge in [-0.05, 0) is 24.6 Å². The number of benzene rings is 2. The molecule has 2 aromatic rings. The van der Waals surface area contributed by atoms with Crippen molar-refractivity contribution in [1.29, 1.82) is 5.26 Å². The lowest BCUT2D eigenvalue weighted by atomic mass is 10.1. The summed E-state index contributed by atoms with van der Waals surface area (Å²) < 4.78 is 19.4. The van der Waals surface area contributed by atoms with Gasteiger partial charge >= 0.3 is 0 Å². The van der Waals surface area contributed by atoms with Crippen LogP contribution < -0.4 is 4.74 Å². The van der Waals surface area contributed by atoms with Gasteiger partial charge in [-0.15, -0.1) is 0 Å². The van der Waals surface area contributed by atoms with Crippen LogP contribution in [0.5, 0.6) is 5.75 Å². The molecule has 0 aliphatic rings. The highest BCUT2D eigenvalue weighted by molar-refractivity contribution is 5.36. The molecule has 21 heavy (non-hydrogen) atoms. The Morgan fingerprint density at radius 3 is 2.71 bits per heavy atom. The van der Waals surface area contributed by atoms with Crippen molar-refractivity contribution in [2.24, 2.45) is 0 Å². The maximum atomic E-state index is 13.8. The Hall–Kier alpha value is -2.38. The van der Waals surface area contributed by atoms with Crippen molar-refractivity contribution in [2.45, 2.75) is 26.1 Å². The molecule has 0 aromatic heterocycles. The topological polar surface area (TPSA) is 53.2 Å². The van der Waals surface area contributed by atoms with Crippen LogP contribution in [0.1, 0.15) is 36.1 Å². The Balaban J connectivity index is 2.16. The quantitative estimate of drug-likeness (QED) is 0.911. The number of aliphatic hydroxyl groups is 1. The van der Waals surface area contributed by atoms with E-state index in [-0.39, 0.29) is 12.2 Å². The van der Waals surface area contributed by atoms with Gasteiger partial charge in [0.2, 0.25) is 0 Å². The van der Waals surface area contributed by atoms with Gasteiger partial charge in [-0.2, -0.15) is 5.26 Å². The zero-order valence-electron chi connectivity index (χ0n) is 11.7. The van der Waals surface area contributed by atoms with Crippen LogP contribution in [0.25, 0.3) is 0 Å². The van der Waals surface area contributed by atoms with Crippen LogP contribution in [0.3, 0.4) is 0 Å². The van der Waals surface area contributed by atoms with Gasteiger partial charge in [0.15, 0.2) is 0 Å². The van der Waals surface area contributed by atoms with E-state index in [1.54, 1.807) is 24.3 Å². The van der Waals surface area contributed by atoms with E-state index in [4.69, 9.17) is 10.00 Å². The minimum absolute atomic E-state index is 0.0466. The minimum atomic E-state index is -0.605. The van der Waals surface area contributed by atoms with E-state index in [0.29, 0.717) is 23.3 Å². The van der Waals surface area contributed by atoms with Crippen LogP contribution in [0.4, 0.5) is 4.39 Å². The van der Waals surface area contributed by atoms with Crippen molar-refractivity contribution in [3.63, 3.8) is 0 Å². The summed E-state index contributed by atoms with van der Waals surface area (Å²) >= 11 is 0. The molecule has 0 bridgehead atoms. The predicted octanol–water partition coefficient (Wildman–Crippen LogP) is 3.72. The predicted molar refractivity (Wildman–Crippen MR) is 77.1 cm³/mol. The average Bonchev–Trinajstić information content (AvgIpc) is 2.53. The van der Waals surface area contributed by atoms with E-state index < -0.39 is 11.9 Å². The van der Waals surface area contributed by atoms with E-state index in [0.717, 1.165) is 0 Å². The molecule has 1 N–H and O–H groups in total. The lowest BCUT2D eigenvalue weighted by molar-refractivity contribution is 0.166. The van der Waals surface area contributed by atoms with Crippen LogP contribution in [0, 0.1) is 17.1 Å². The molecule has 0 heterocycles. The molecule has 0 aliphatic heterocycles. The third kappa shape index (κ3) is 3.59. The smallest absolute Gasteiger partial charge is 0.131 e. The molecular formula is C17H16FNO2. The molecule has 0 unspecified atom stereocenters. The first-order valence-corrected chi connectivity index (χ1v) is 6.74. The summed E-state index contributed by atoms with van der Waals surface area (Å²) in [5.74, 6) is 0.0678. The van der Waals surface area contributed by atoms with E-state index in [1.807, 2.05) is 19.1 Å². The van der Waals surface area contributed by atoms with Crippen LogP contribution in [-0.4, -0.2) is 5.11 Å². The number of nitrogens with zero attached hydrogens (tertiary/aromatic N) is 1. The van der Waals surface area contributed by atoms with Crippen LogP contribution in [0.15, 0.2) is 42.5 Å². The molecule has 0 amide bonds. The summed E-state index contributed by atoms with van der Waals surface area (Å²) in [6.45, 7) is 1.92. The largest absolute Gasteiger partial charge is 0.488 e. The number of hydrogen-bond acceptors (Lipinski definition) is 3. The Kier molecular flexibility index (Phi) is 4.91. The molecule has 0 saturated heterocycles. The van der Waals surface area contributed by atoms with Crippen molar-refractivity contribution in [2.75, 3.05) is 0 Å². The molecule has 1 atom stereocenters. The van der Waals surface area contributed by atoms with Gasteiger partial charge in [-0.25, -0.2) is 4.39 Å². The second kappa shape index (κ2) is 6.87.